The molecule has 0 unspecified atom stereocenters. The number of hydrogen-bond donors (Lipinski definition) is 1. The number of hydrogen-bond acceptors (Lipinski definition) is 3. The van der Waals surface area contributed by atoms with Crippen LogP contribution in [0.5, 0.6) is 0 Å². The number of nitrogens with zero attached hydrogens (tertiary/aromatic N) is 1. The highest BCUT2D eigenvalue weighted by atomic mass is 32.2. The van der Waals surface area contributed by atoms with Crippen LogP contribution in [0.4, 0.5) is 11.4 Å². The summed E-state index contributed by atoms with van der Waals surface area (Å²) in [6.45, 7) is 5.64. The Bertz CT molecular complexity index is 869. The Balaban J connectivity index is 2.37. The molecule has 0 bridgehead atoms. The number of amides is 1. The average molecular weight is 375 g/mol. The van der Waals surface area contributed by atoms with Gasteiger partial charge in [-0.3, -0.25) is 9.10 Å². The summed E-state index contributed by atoms with van der Waals surface area (Å²) < 4.78 is 26.1. The minimum atomic E-state index is -3.61. The Hall–Kier alpha value is -2.34. The molecule has 1 amide bonds. The van der Waals surface area contributed by atoms with Gasteiger partial charge in [-0.25, -0.2) is 8.42 Å². The lowest BCUT2D eigenvalue weighted by Crippen LogP contribution is -2.38. The number of rotatable bonds is 7. The number of para-hydroxylation sites is 1. The van der Waals surface area contributed by atoms with Crippen LogP contribution in [0.25, 0.3) is 0 Å². The fraction of sp³-hybridized carbons (Fsp3) is 0.350. The van der Waals surface area contributed by atoms with E-state index in [-0.39, 0.29) is 12.5 Å². The van der Waals surface area contributed by atoms with Gasteiger partial charge in [-0.2, -0.15) is 0 Å². The number of carbonyl (C=O) groups is 1. The van der Waals surface area contributed by atoms with Crippen molar-refractivity contribution in [2.75, 3.05) is 22.4 Å². The Morgan fingerprint density at radius 1 is 1.04 bits per heavy atom. The third-order valence-corrected chi connectivity index (χ3v) is 5.32. The number of carbonyl (C=O) groups excluding carboxylic acids is 1. The van der Waals surface area contributed by atoms with Crippen molar-refractivity contribution in [3.63, 3.8) is 0 Å². The second kappa shape index (κ2) is 8.36. The van der Waals surface area contributed by atoms with Crippen LogP contribution in [0.15, 0.2) is 42.5 Å². The van der Waals surface area contributed by atoms with E-state index in [1.165, 1.54) is 4.31 Å². The minimum absolute atomic E-state index is 0.253. The Kier molecular flexibility index (Phi) is 6.42. The van der Waals surface area contributed by atoms with Crippen molar-refractivity contribution < 1.29 is 13.2 Å². The maximum absolute atomic E-state index is 12.5. The molecule has 0 atom stereocenters. The zero-order chi connectivity index (χ0) is 19.3. The first-order valence-corrected chi connectivity index (χ1v) is 10.6. The Morgan fingerprint density at radius 2 is 1.62 bits per heavy atom. The van der Waals surface area contributed by atoms with E-state index in [1.807, 2.05) is 57.2 Å². The van der Waals surface area contributed by atoms with Crippen molar-refractivity contribution in [3.05, 3.63) is 59.2 Å². The van der Waals surface area contributed by atoms with Crippen LogP contribution < -0.4 is 9.62 Å². The Labute approximate surface area is 156 Å². The molecule has 0 saturated heterocycles. The number of nitrogens with one attached hydrogen (secondary N) is 1. The highest BCUT2D eigenvalue weighted by Crippen LogP contribution is 2.29. The lowest BCUT2D eigenvalue weighted by molar-refractivity contribution is -0.114. The molecule has 26 heavy (non-hydrogen) atoms. The summed E-state index contributed by atoms with van der Waals surface area (Å²) >= 11 is 0. The summed E-state index contributed by atoms with van der Waals surface area (Å²) in [7, 11) is -3.61. The third kappa shape index (κ3) is 4.85. The van der Waals surface area contributed by atoms with E-state index < -0.39 is 10.0 Å². The molecule has 0 heterocycles. The molecule has 2 rings (SSSR count). The van der Waals surface area contributed by atoms with Crippen LogP contribution in [0, 0.1) is 6.92 Å². The number of aryl methyl sites for hydroxylation is 3. The smallest absolute Gasteiger partial charge is 0.245 e. The van der Waals surface area contributed by atoms with E-state index in [4.69, 9.17) is 0 Å². The van der Waals surface area contributed by atoms with E-state index in [0.29, 0.717) is 24.2 Å². The van der Waals surface area contributed by atoms with Gasteiger partial charge in [0.15, 0.2) is 0 Å². The first-order valence-electron chi connectivity index (χ1n) is 8.71. The van der Waals surface area contributed by atoms with Gasteiger partial charge in [0.25, 0.3) is 0 Å². The lowest BCUT2D eigenvalue weighted by Gasteiger charge is -2.26. The number of sulfonamides is 1. The predicted octanol–water partition coefficient (Wildman–Crippen LogP) is 3.52. The second-order valence-electron chi connectivity index (χ2n) is 6.32. The summed E-state index contributed by atoms with van der Waals surface area (Å²) in [5.41, 5.74) is 4.13. The normalized spacial score (nSPS) is 11.2. The van der Waals surface area contributed by atoms with Crippen LogP contribution in [-0.2, 0) is 27.7 Å². The summed E-state index contributed by atoms with van der Waals surface area (Å²) in [6, 6.07) is 13.2. The predicted molar refractivity (Wildman–Crippen MR) is 107 cm³/mol. The standard InChI is InChI=1S/C20H26N2O3S/c1-5-16-10-8-11-17(6-2)20(16)22(26(4,24)25)14-19(23)21-18-12-7-9-15(3)13-18/h7-13H,5-6,14H2,1-4H3,(H,21,23). The molecule has 2 aromatic carbocycles. The van der Waals surface area contributed by atoms with E-state index in [9.17, 15) is 13.2 Å². The molecule has 0 aliphatic heterocycles. The average Bonchev–Trinajstić information content (AvgIpc) is 2.58. The number of benzene rings is 2. The van der Waals surface area contributed by atoms with Crippen molar-refractivity contribution in [2.45, 2.75) is 33.6 Å². The maximum Gasteiger partial charge on any atom is 0.245 e. The van der Waals surface area contributed by atoms with E-state index in [2.05, 4.69) is 5.32 Å². The van der Waals surface area contributed by atoms with Gasteiger partial charge in [0.05, 0.1) is 11.9 Å². The Morgan fingerprint density at radius 3 is 2.12 bits per heavy atom. The fourth-order valence-electron chi connectivity index (χ4n) is 2.95. The van der Waals surface area contributed by atoms with E-state index in [0.717, 1.165) is 22.9 Å². The minimum Gasteiger partial charge on any atom is -0.325 e. The largest absolute Gasteiger partial charge is 0.325 e. The molecule has 0 aliphatic carbocycles. The van der Waals surface area contributed by atoms with Gasteiger partial charge >= 0.3 is 0 Å². The summed E-state index contributed by atoms with van der Waals surface area (Å²) in [4.78, 5) is 12.5. The summed E-state index contributed by atoms with van der Waals surface area (Å²) in [6.07, 6.45) is 2.52. The molecule has 0 aromatic heterocycles. The first kappa shape index (κ1) is 20.0. The third-order valence-electron chi connectivity index (χ3n) is 4.20. The van der Waals surface area contributed by atoms with Gasteiger partial charge in [0.2, 0.25) is 15.9 Å². The van der Waals surface area contributed by atoms with Crippen LogP contribution in [0.1, 0.15) is 30.5 Å². The van der Waals surface area contributed by atoms with Gasteiger partial charge in [-0.15, -0.1) is 0 Å². The highest BCUT2D eigenvalue weighted by molar-refractivity contribution is 7.92. The first-order chi connectivity index (χ1) is 12.3. The lowest BCUT2D eigenvalue weighted by atomic mass is 10.0. The molecular formula is C20H26N2O3S. The SMILES string of the molecule is CCc1cccc(CC)c1N(CC(=O)Nc1cccc(C)c1)S(C)(=O)=O. The highest BCUT2D eigenvalue weighted by Gasteiger charge is 2.25. The van der Waals surface area contributed by atoms with Gasteiger partial charge in [0.1, 0.15) is 6.54 Å². The van der Waals surface area contributed by atoms with Gasteiger partial charge in [-0.05, 0) is 48.6 Å². The van der Waals surface area contributed by atoms with Crippen molar-refractivity contribution >= 4 is 27.3 Å². The second-order valence-corrected chi connectivity index (χ2v) is 8.23. The molecule has 0 radical (unpaired) electrons. The molecule has 6 heteroatoms. The molecule has 0 spiro atoms. The van der Waals surface area contributed by atoms with Crippen molar-refractivity contribution in [3.8, 4) is 0 Å². The van der Waals surface area contributed by atoms with E-state index >= 15 is 0 Å². The maximum atomic E-state index is 12.5. The van der Waals surface area contributed by atoms with Gasteiger partial charge in [0, 0.05) is 5.69 Å². The summed E-state index contributed by atoms with van der Waals surface area (Å²) in [5, 5.41) is 2.78. The van der Waals surface area contributed by atoms with Crippen LogP contribution in [-0.4, -0.2) is 27.1 Å². The van der Waals surface area contributed by atoms with E-state index in [1.54, 1.807) is 6.07 Å². The molecule has 0 fully saturated rings. The molecular weight excluding hydrogens is 348 g/mol. The molecule has 140 valence electrons. The fourth-order valence-corrected chi connectivity index (χ4v) is 3.87. The van der Waals surface area contributed by atoms with Crippen LogP contribution in [0.2, 0.25) is 0 Å². The molecule has 0 aliphatic rings. The monoisotopic (exact) mass is 374 g/mol. The zero-order valence-corrected chi connectivity index (χ0v) is 16.6. The summed E-state index contributed by atoms with van der Waals surface area (Å²) in [5.74, 6) is -0.367. The zero-order valence-electron chi connectivity index (χ0n) is 15.7. The van der Waals surface area contributed by atoms with Crippen molar-refractivity contribution in [2.24, 2.45) is 0 Å². The van der Waals surface area contributed by atoms with Gasteiger partial charge < -0.3 is 5.32 Å². The van der Waals surface area contributed by atoms with Crippen LogP contribution >= 0.6 is 0 Å². The van der Waals surface area contributed by atoms with Crippen LogP contribution in [0.3, 0.4) is 0 Å². The number of anilines is 2. The molecule has 5 nitrogen and oxygen atoms in total. The van der Waals surface area contributed by atoms with Crippen molar-refractivity contribution in [1.29, 1.82) is 0 Å². The van der Waals surface area contributed by atoms with Gasteiger partial charge in [-0.1, -0.05) is 44.2 Å². The quantitative estimate of drug-likeness (QED) is 0.806. The molecule has 1 N–H and O–H groups in total. The topological polar surface area (TPSA) is 66.5 Å². The molecule has 0 saturated carbocycles. The molecule has 2 aromatic rings. The van der Waals surface area contributed by atoms with Crippen molar-refractivity contribution in [1.82, 2.24) is 0 Å².